The summed E-state index contributed by atoms with van der Waals surface area (Å²) in [7, 11) is 3.34. The largest absolute Gasteiger partial charge is 0.497 e. The number of hydrogen-bond donors (Lipinski definition) is 1. The second kappa shape index (κ2) is 9.70. The Morgan fingerprint density at radius 2 is 1.73 bits per heavy atom. The van der Waals surface area contributed by atoms with Gasteiger partial charge in [-0.2, -0.15) is 8.75 Å². The summed E-state index contributed by atoms with van der Waals surface area (Å²) >= 11 is 1.26. The van der Waals surface area contributed by atoms with E-state index in [1.54, 1.807) is 14.2 Å². The summed E-state index contributed by atoms with van der Waals surface area (Å²) < 4.78 is 19.5. The Morgan fingerprint density at radius 1 is 0.967 bits per heavy atom. The Labute approximate surface area is 181 Å². The molecular formula is C22H28N4O3S. The standard InChI is InChI=1S/C22H28N4O3S/c1-28-19-9-17(10-20(12-19)29-2)14-26-7-6-25(15-18(26)5-8-27)13-16-3-4-21-22(11-16)24-30-23-21/h3-4,9-12,18,27H,5-8,13-15H2,1-2H3. The predicted molar refractivity (Wildman–Crippen MR) is 118 cm³/mol. The molecule has 0 saturated carbocycles. The zero-order valence-electron chi connectivity index (χ0n) is 17.5. The van der Waals surface area contributed by atoms with Crippen LogP contribution in [-0.4, -0.2) is 70.2 Å². The molecule has 0 spiro atoms. The van der Waals surface area contributed by atoms with E-state index in [2.05, 4.69) is 42.8 Å². The normalized spacial score (nSPS) is 18.0. The van der Waals surface area contributed by atoms with Gasteiger partial charge in [0.15, 0.2) is 0 Å². The minimum absolute atomic E-state index is 0.187. The molecule has 1 unspecified atom stereocenters. The zero-order chi connectivity index (χ0) is 20.9. The summed E-state index contributed by atoms with van der Waals surface area (Å²) in [4.78, 5) is 4.92. The van der Waals surface area contributed by atoms with Crippen molar-refractivity contribution in [2.24, 2.45) is 0 Å². The molecule has 1 aromatic heterocycles. The van der Waals surface area contributed by atoms with E-state index in [1.165, 1.54) is 17.3 Å². The first-order chi connectivity index (χ1) is 14.7. The van der Waals surface area contributed by atoms with E-state index in [4.69, 9.17) is 9.47 Å². The Hall–Kier alpha value is -2.26. The summed E-state index contributed by atoms with van der Waals surface area (Å²) in [6.07, 6.45) is 0.757. The smallest absolute Gasteiger partial charge is 0.122 e. The van der Waals surface area contributed by atoms with Crippen LogP contribution in [0.15, 0.2) is 36.4 Å². The number of aliphatic hydroxyl groups is 1. The average molecular weight is 429 g/mol. The van der Waals surface area contributed by atoms with Crippen LogP contribution in [0.4, 0.5) is 0 Å². The topological polar surface area (TPSA) is 71.0 Å². The van der Waals surface area contributed by atoms with Gasteiger partial charge in [0.25, 0.3) is 0 Å². The molecule has 1 aliphatic rings. The fourth-order valence-corrected chi connectivity index (χ4v) is 4.63. The third kappa shape index (κ3) is 4.89. The van der Waals surface area contributed by atoms with Crippen LogP contribution in [0.5, 0.6) is 11.5 Å². The maximum Gasteiger partial charge on any atom is 0.122 e. The Balaban J connectivity index is 1.44. The number of nitrogens with zero attached hydrogens (tertiary/aromatic N) is 4. The molecule has 3 aromatic rings. The second-order valence-corrected chi connectivity index (χ2v) is 8.21. The highest BCUT2D eigenvalue weighted by Gasteiger charge is 2.27. The van der Waals surface area contributed by atoms with E-state index < -0.39 is 0 Å². The van der Waals surface area contributed by atoms with E-state index in [-0.39, 0.29) is 6.61 Å². The van der Waals surface area contributed by atoms with E-state index >= 15 is 0 Å². The molecule has 8 heteroatoms. The number of methoxy groups -OCH3 is 2. The van der Waals surface area contributed by atoms with Gasteiger partial charge in [0.2, 0.25) is 0 Å². The molecule has 2 aromatic carbocycles. The molecule has 30 heavy (non-hydrogen) atoms. The van der Waals surface area contributed by atoms with Gasteiger partial charge in [-0.25, -0.2) is 0 Å². The lowest BCUT2D eigenvalue weighted by Gasteiger charge is -2.41. The van der Waals surface area contributed by atoms with Gasteiger partial charge in [-0.1, -0.05) is 6.07 Å². The maximum absolute atomic E-state index is 9.64. The van der Waals surface area contributed by atoms with Gasteiger partial charge in [0.05, 0.1) is 25.9 Å². The quantitative estimate of drug-likeness (QED) is 0.592. The lowest BCUT2D eigenvalue weighted by molar-refractivity contribution is 0.0499. The highest BCUT2D eigenvalue weighted by atomic mass is 32.1. The van der Waals surface area contributed by atoms with Crippen molar-refractivity contribution in [3.63, 3.8) is 0 Å². The van der Waals surface area contributed by atoms with Crippen LogP contribution in [0.25, 0.3) is 11.0 Å². The molecule has 0 aliphatic carbocycles. The van der Waals surface area contributed by atoms with E-state index in [0.29, 0.717) is 6.04 Å². The number of benzene rings is 2. The maximum atomic E-state index is 9.64. The molecule has 1 aliphatic heterocycles. The van der Waals surface area contributed by atoms with Crippen molar-refractivity contribution in [3.8, 4) is 11.5 Å². The zero-order valence-corrected chi connectivity index (χ0v) is 18.3. The number of rotatable bonds is 8. The Kier molecular flexibility index (Phi) is 6.79. The summed E-state index contributed by atoms with van der Waals surface area (Å²) in [6.45, 7) is 4.74. The van der Waals surface area contributed by atoms with Crippen molar-refractivity contribution in [3.05, 3.63) is 47.5 Å². The fraction of sp³-hybridized carbons (Fsp3) is 0.455. The minimum atomic E-state index is 0.187. The minimum Gasteiger partial charge on any atom is -0.497 e. The van der Waals surface area contributed by atoms with Crippen LogP contribution in [0.3, 0.4) is 0 Å². The molecule has 1 saturated heterocycles. The molecule has 7 nitrogen and oxygen atoms in total. The van der Waals surface area contributed by atoms with Gasteiger partial charge >= 0.3 is 0 Å². The van der Waals surface area contributed by atoms with Crippen molar-refractivity contribution >= 4 is 22.8 Å². The van der Waals surface area contributed by atoms with E-state index in [0.717, 1.165) is 67.2 Å². The molecule has 1 atom stereocenters. The number of fused-ring (bicyclic) bond motifs is 1. The van der Waals surface area contributed by atoms with Gasteiger partial charge in [-0.05, 0) is 41.8 Å². The summed E-state index contributed by atoms with van der Waals surface area (Å²) in [5.74, 6) is 1.60. The first-order valence-electron chi connectivity index (χ1n) is 10.2. The molecule has 2 heterocycles. The lowest BCUT2D eigenvalue weighted by Crippen LogP contribution is -2.52. The van der Waals surface area contributed by atoms with Gasteiger partial charge in [0, 0.05) is 51.4 Å². The van der Waals surface area contributed by atoms with Crippen LogP contribution in [0.2, 0.25) is 0 Å². The van der Waals surface area contributed by atoms with Crippen LogP contribution in [0.1, 0.15) is 17.5 Å². The van der Waals surface area contributed by atoms with Crippen molar-refractivity contribution in [2.75, 3.05) is 40.5 Å². The van der Waals surface area contributed by atoms with Crippen molar-refractivity contribution in [1.82, 2.24) is 18.5 Å². The summed E-state index contributed by atoms with van der Waals surface area (Å²) in [5.41, 5.74) is 4.34. The highest BCUT2D eigenvalue weighted by molar-refractivity contribution is 7.00. The first kappa shape index (κ1) is 21.0. The number of aliphatic hydroxyl groups excluding tert-OH is 1. The molecule has 1 N–H and O–H groups in total. The van der Waals surface area contributed by atoms with Gasteiger partial charge < -0.3 is 14.6 Å². The third-order valence-corrected chi connectivity index (χ3v) is 6.23. The van der Waals surface area contributed by atoms with Crippen LogP contribution >= 0.6 is 11.7 Å². The Morgan fingerprint density at radius 3 is 2.47 bits per heavy atom. The predicted octanol–water partition coefficient (Wildman–Crippen LogP) is 2.78. The number of piperazine rings is 1. The van der Waals surface area contributed by atoms with Crippen molar-refractivity contribution in [1.29, 1.82) is 0 Å². The molecule has 160 valence electrons. The van der Waals surface area contributed by atoms with Crippen LogP contribution < -0.4 is 9.47 Å². The number of ether oxygens (including phenoxy) is 2. The molecular weight excluding hydrogens is 400 g/mol. The summed E-state index contributed by atoms with van der Waals surface area (Å²) in [6, 6.07) is 12.6. The Bertz CT molecular complexity index is 958. The summed E-state index contributed by atoms with van der Waals surface area (Å²) in [5, 5.41) is 9.64. The van der Waals surface area contributed by atoms with Crippen molar-refractivity contribution < 1.29 is 14.6 Å². The second-order valence-electron chi connectivity index (χ2n) is 7.68. The average Bonchev–Trinajstić information content (AvgIpc) is 3.23. The molecule has 0 radical (unpaired) electrons. The third-order valence-electron chi connectivity index (χ3n) is 5.67. The van der Waals surface area contributed by atoms with E-state index in [1.807, 2.05) is 12.1 Å². The molecule has 1 fully saturated rings. The van der Waals surface area contributed by atoms with Crippen molar-refractivity contribution in [2.45, 2.75) is 25.6 Å². The van der Waals surface area contributed by atoms with Crippen LogP contribution in [-0.2, 0) is 13.1 Å². The lowest BCUT2D eigenvalue weighted by atomic mass is 10.1. The highest BCUT2D eigenvalue weighted by Crippen LogP contribution is 2.25. The SMILES string of the molecule is COc1cc(CN2CCN(Cc3ccc4nsnc4c3)CC2CCO)cc(OC)c1. The molecule has 0 bridgehead atoms. The van der Waals surface area contributed by atoms with Gasteiger partial charge in [-0.3, -0.25) is 9.80 Å². The number of hydrogen-bond acceptors (Lipinski definition) is 8. The van der Waals surface area contributed by atoms with Crippen LogP contribution in [0, 0.1) is 0 Å². The van der Waals surface area contributed by atoms with Gasteiger partial charge in [-0.15, -0.1) is 0 Å². The fourth-order valence-electron chi connectivity index (χ4n) is 4.11. The molecule has 0 amide bonds. The monoisotopic (exact) mass is 428 g/mol. The van der Waals surface area contributed by atoms with Gasteiger partial charge in [0.1, 0.15) is 22.5 Å². The van der Waals surface area contributed by atoms with E-state index in [9.17, 15) is 5.11 Å². The molecule has 4 rings (SSSR count). The first-order valence-corrected chi connectivity index (χ1v) is 10.9. The number of aromatic nitrogens is 2.